The van der Waals surface area contributed by atoms with E-state index >= 15 is 0 Å². The average molecular weight is 281 g/mol. The summed E-state index contributed by atoms with van der Waals surface area (Å²) in [5.41, 5.74) is 0.676. The Kier molecular flexibility index (Phi) is 5.53. The first-order chi connectivity index (χ1) is 9.45. The fourth-order valence-electron chi connectivity index (χ4n) is 4.12. The molecule has 2 unspecified atom stereocenters. The van der Waals surface area contributed by atoms with E-state index in [0.717, 1.165) is 6.54 Å². The van der Waals surface area contributed by atoms with Crippen molar-refractivity contribution in [2.45, 2.75) is 103 Å². The van der Waals surface area contributed by atoms with Gasteiger partial charge < -0.3 is 10.1 Å². The first-order valence-electron chi connectivity index (χ1n) is 8.86. The summed E-state index contributed by atoms with van der Waals surface area (Å²) >= 11 is 0. The topological polar surface area (TPSA) is 21.3 Å². The number of hydrogen-bond donors (Lipinski definition) is 1. The van der Waals surface area contributed by atoms with Crippen LogP contribution in [0.1, 0.15) is 85.5 Å². The molecule has 0 aromatic heterocycles. The van der Waals surface area contributed by atoms with Gasteiger partial charge in [-0.1, -0.05) is 40.5 Å². The lowest BCUT2D eigenvalue weighted by molar-refractivity contribution is -0.0399. The van der Waals surface area contributed by atoms with Gasteiger partial charge in [0.05, 0.1) is 11.7 Å². The first kappa shape index (κ1) is 16.3. The Bertz CT molecular complexity index is 288. The second-order valence-electron chi connectivity index (χ2n) is 8.08. The lowest BCUT2D eigenvalue weighted by atomic mass is 9.83. The van der Waals surface area contributed by atoms with Crippen LogP contribution in [0.15, 0.2) is 0 Å². The van der Waals surface area contributed by atoms with E-state index in [4.69, 9.17) is 4.74 Å². The second kappa shape index (κ2) is 6.79. The monoisotopic (exact) mass is 281 g/mol. The standard InChI is InChI=1S/C18H35NO/c1-5-19-16(17(2,3)4)10-8-9-15-11-14-18(20-15)12-6-7-13-18/h15-16,19H,5-14H2,1-4H3. The molecule has 1 saturated heterocycles. The highest BCUT2D eigenvalue weighted by Crippen LogP contribution is 2.44. The van der Waals surface area contributed by atoms with Gasteiger partial charge in [-0.3, -0.25) is 0 Å². The van der Waals surface area contributed by atoms with Crippen molar-refractivity contribution >= 4 is 0 Å². The quantitative estimate of drug-likeness (QED) is 0.763. The van der Waals surface area contributed by atoms with E-state index in [9.17, 15) is 0 Å². The molecule has 0 aromatic carbocycles. The van der Waals surface area contributed by atoms with Crippen molar-refractivity contribution < 1.29 is 4.74 Å². The summed E-state index contributed by atoms with van der Waals surface area (Å²) in [4.78, 5) is 0. The molecule has 1 aliphatic carbocycles. The maximum absolute atomic E-state index is 6.42. The molecular formula is C18H35NO. The smallest absolute Gasteiger partial charge is 0.0687 e. The molecule has 2 aliphatic rings. The van der Waals surface area contributed by atoms with Gasteiger partial charge in [-0.25, -0.2) is 0 Å². The molecule has 1 spiro atoms. The summed E-state index contributed by atoms with van der Waals surface area (Å²) in [6.45, 7) is 10.3. The van der Waals surface area contributed by atoms with Gasteiger partial charge in [0.25, 0.3) is 0 Å². The highest BCUT2D eigenvalue weighted by atomic mass is 16.5. The maximum Gasteiger partial charge on any atom is 0.0687 e. The van der Waals surface area contributed by atoms with Crippen LogP contribution in [0.2, 0.25) is 0 Å². The summed E-state index contributed by atoms with van der Waals surface area (Å²) in [5.74, 6) is 0. The lowest BCUT2D eigenvalue weighted by Crippen LogP contribution is -2.40. The molecule has 0 bridgehead atoms. The van der Waals surface area contributed by atoms with E-state index in [1.807, 2.05) is 0 Å². The lowest BCUT2D eigenvalue weighted by Gasteiger charge is -2.32. The normalized spacial score (nSPS) is 27.3. The fraction of sp³-hybridized carbons (Fsp3) is 1.00. The summed E-state index contributed by atoms with van der Waals surface area (Å²) in [7, 11) is 0. The molecule has 0 amide bonds. The van der Waals surface area contributed by atoms with Gasteiger partial charge in [0.2, 0.25) is 0 Å². The van der Waals surface area contributed by atoms with Crippen LogP contribution in [0.25, 0.3) is 0 Å². The van der Waals surface area contributed by atoms with Crippen molar-refractivity contribution in [3.63, 3.8) is 0 Å². The zero-order valence-corrected chi connectivity index (χ0v) is 14.1. The van der Waals surface area contributed by atoms with E-state index in [1.54, 1.807) is 0 Å². The van der Waals surface area contributed by atoms with Crippen LogP contribution in [0.3, 0.4) is 0 Å². The van der Waals surface area contributed by atoms with Crippen molar-refractivity contribution in [2.24, 2.45) is 5.41 Å². The maximum atomic E-state index is 6.42. The minimum absolute atomic E-state index is 0.315. The number of nitrogens with one attached hydrogen (secondary N) is 1. The van der Waals surface area contributed by atoms with Crippen LogP contribution in [-0.2, 0) is 4.74 Å². The molecule has 1 N–H and O–H groups in total. The predicted octanol–water partition coefficient (Wildman–Crippen LogP) is 4.67. The van der Waals surface area contributed by atoms with E-state index in [2.05, 4.69) is 33.0 Å². The zero-order chi connectivity index (χ0) is 14.6. The van der Waals surface area contributed by atoms with E-state index < -0.39 is 0 Å². The Balaban J connectivity index is 1.70. The van der Waals surface area contributed by atoms with Crippen LogP contribution in [0.5, 0.6) is 0 Å². The van der Waals surface area contributed by atoms with Crippen LogP contribution in [0.4, 0.5) is 0 Å². The predicted molar refractivity (Wildman–Crippen MR) is 86.1 cm³/mol. The molecule has 2 atom stereocenters. The highest BCUT2D eigenvalue weighted by Gasteiger charge is 2.41. The van der Waals surface area contributed by atoms with Crippen LogP contribution < -0.4 is 5.32 Å². The van der Waals surface area contributed by atoms with Crippen molar-refractivity contribution in [1.29, 1.82) is 0 Å². The summed E-state index contributed by atoms with van der Waals surface area (Å²) in [5, 5.41) is 3.66. The fourth-order valence-corrected chi connectivity index (χ4v) is 4.12. The van der Waals surface area contributed by atoms with Gasteiger partial charge in [-0.15, -0.1) is 0 Å². The number of rotatable bonds is 6. The second-order valence-corrected chi connectivity index (χ2v) is 8.08. The number of ether oxygens (including phenoxy) is 1. The summed E-state index contributed by atoms with van der Waals surface area (Å²) in [6.07, 6.45) is 12.5. The van der Waals surface area contributed by atoms with Gasteiger partial charge >= 0.3 is 0 Å². The van der Waals surface area contributed by atoms with Crippen molar-refractivity contribution in [2.75, 3.05) is 6.54 Å². The van der Waals surface area contributed by atoms with Gasteiger partial charge in [0, 0.05) is 6.04 Å². The Morgan fingerprint density at radius 2 is 1.90 bits per heavy atom. The minimum atomic E-state index is 0.315. The van der Waals surface area contributed by atoms with Gasteiger partial charge in [-0.05, 0) is 56.9 Å². The van der Waals surface area contributed by atoms with Crippen molar-refractivity contribution in [3.05, 3.63) is 0 Å². The van der Waals surface area contributed by atoms with Crippen LogP contribution in [-0.4, -0.2) is 24.3 Å². The molecule has 1 saturated carbocycles. The first-order valence-corrected chi connectivity index (χ1v) is 8.86. The molecule has 1 heterocycles. The van der Waals surface area contributed by atoms with E-state index in [1.165, 1.54) is 57.8 Å². The molecule has 2 rings (SSSR count). The summed E-state index contributed by atoms with van der Waals surface area (Å²) in [6, 6.07) is 0.634. The van der Waals surface area contributed by atoms with Crippen molar-refractivity contribution in [1.82, 2.24) is 5.32 Å². The minimum Gasteiger partial charge on any atom is -0.372 e. The molecule has 2 heteroatoms. The Morgan fingerprint density at radius 1 is 1.20 bits per heavy atom. The van der Waals surface area contributed by atoms with Gasteiger partial charge in [0.15, 0.2) is 0 Å². The molecule has 20 heavy (non-hydrogen) atoms. The Labute approximate surface area is 126 Å². The van der Waals surface area contributed by atoms with Crippen molar-refractivity contribution in [3.8, 4) is 0 Å². The Morgan fingerprint density at radius 3 is 2.50 bits per heavy atom. The molecule has 1 aliphatic heterocycles. The molecule has 2 nitrogen and oxygen atoms in total. The third-order valence-corrected chi connectivity index (χ3v) is 5.37. The molecule has 0 radical (unpaired) electrons. The Hall–Kier alpha value is -0.0800. The van der Waals surface area contributed by atoms with Crippen LogP contribution in [0, 0.1) is 5.41 Å². The SMILES string of the molecule is CCNC(CCCC1CCC2(CCCC2)O1)C(C)(C)C. The third kappa shape index (κ3) is 4.21. The van der Waals surface area contributed by atoms with Gasteiger partial charge in [-0.2, -0.15) is 0 Å². The van der Waals surface area contributed by atoms with Gasteiger partial charge in [0.1, 0.15) is 0 Å². The molecule has 2 fully saturated rings. The van der Waals surface area contributed by atoms with Crippen LogP contribution >= 0.6 is 0 Å². The zero-order valence-electron chi connectivity index (χ0n) is 14.1. The van der Waals surface area contributed by atoms with E-state index in [0.29, 0.717) is 23.2 Å². The summed E-state index contributed by atoms with van der Waals surface area (Å²) < 4.78 is 6.42. The average Bonchev–Trinajstić information content (AvgIpc) is 2.98. The highest BCUT2D eigenvalue weighted by molar-refractivity contribution is 4.93. The number of hydrogen-bond acceptors (Lipinski definition) is 2. The molecular weight excluding hydrogens is 246 g/mol. The van der Waals surface area contributed by atoms with E-state index in [-0.39, 0.29) is 0 Å². The largest absolute Gasteiger partial charge is 0.372 e. The third-order valence-electron chi connectivity index (χ3n) is 5.37. The molecule has 0 aromatic rings. The molecule has 118 valence electrons.